The number of piperazine rings is 1. The van der Waals surface area contributed by atoms with Gasteiger partial charge in [-0.1, -0.05) is 52.9 Å². The summed E-state index contributed by atoms with van der Waals surface area (Å²) in [6.45, 7) is 9.98. The maximum Gasteiger partial charge on any atom is 0.0309 e. The van der Waals surface area contributed by atoms with Crippen LogP contribution in [0.15, 0.2) is 0 Å². The predicted molar refractivity (Wildman–Crippen MR) is 90.6 cm³/mol. The minimum Gasteiger partial charge on any atom is -0.308 e. The molecule has 2 heteroatoms. The Hall–Kier alpha value is -0.0800. The maximum atomic E-state index is 3.99. The highest BCUT2D eigenvalue weighted by molar-refractivity contribution is 5.03. The Morgan fingerprint density at radius 3 is 2.38 bits per heavy atom. The molecule has 0 radical (unpaired) electrons. The molecule has 1 heterocycles. The van der Waals surface area contributed by atoms with E-state index in [2.05, 4.69) is 31.0 Å². The standard InChI is InChI=1S/C19H36N2/c1-4-16-14-20-19(12-7-5-8-13-19)15-21(16)17-10-6-9-11-18(17,2)3/h16-17,20H,4-15H2,1-3H3. The molecule has 2 unspecified atom stereocenters. The van der Waals surface area contributed by atoms with E-state index < -0.39 is 0 Å². The van der Waals surface area contributed by atoms with Gasteiger partial charge in [0.15, 0.2) is 0 Å². The highest BCUT2D eigenvalue weighted by Crippen LogP contribution is 2.42. The van der Waals surface area contributed by atoms with E-state index in [1.54, 1.807) is 0 Å². The first kappa shape index (κ1) is 15.8. The van der Waals surface area contributed by atoms with Gasteiger partial charge in [-0.3, -0.25) is 4.90 Å². The quantitative estimate of drug-likeness (QED) is 0.814. The number of hydrogen-bond acceptors (Lipinski definition) is 2. The zero-order valence-electron chi connectivity index (χ0n) is 14.6. The van der Waals surface area contributed by atoms with E-state index in [1.165, 1.54) is 77.3 Å². The van der Waals surface area contributed by atoms with Crippen molar-refractivity contribution in [2.45, 2.75) is 103 Å². The second kappa shape index (κ2) is 6.20. The molecular formula is C19H36N2. The van der Waals surface area contributed by atoms with Crippen LogP contribution in [0.4, 0.5) is 0 Å². The monoisotopic (exact) mass is 292 g/mol. The molecule has 0 aromatic rings. The molecule has 1 N–H and O–H groups in total. The molecule has 0 aromatic heterocycles. The van der Waals surface area contributed by atoms with Crippen molar-refractivity contribution >= 4 is 0 Å². The number of nitrogens with one attached hydrogen (secondary N) is 1. The van der Waals surface area contributed by atoms with Crippen molar-refractivity contribution in [1.82, 2.24) is 10.2 Å². The van der Waals surface area contributed by atoms with Crippen molar-refractivity contribution in [2.24, 2.45) is 5.41 Å². The third-order valence-corrected chi connectivity index (χ3v) is 6.80. The lowest BCUT2D eigenvalue weighted by Gasteiger charge is -2.56. The Labute approximate surface area is 132 Å². The van der Waals surface area contributed by atoms with Crippen molar-refractivity contribution in [3.05, 3.63) is 0 Å². The summed E-state index contributed by atoms with van der Waals surface area (Å²) < 4.78 is 0. The molecular weight excluding hydrogens is 256 g/mol. The summed E-state index contributed by atoms with van der Waals surface area (Å²) >= 11 is 0. The normalized spacial score (nSPS) is 36.7. The summed E-state index contributed by atoms with van der Waals surface area (Å²) in [4.78, 5) is 2.96. The summed E-state index contributed by atoms with van der Waals surface area (Å²) in [7, 11) is 0. The maximum absolute atomic E-state index is 3.99. The number of rotatable bonds is 2. The van der Waals surface area contributed by atoms with Gasteiger partial charge in [0.2, 0.25) is 0 Å². The van der Waals surface area contributed by atoms with E-state index in [9.17, 15) is 0 Å². The third kappa shape index (κ3) is 3.17. The molecule has 0 amide bonds. The second-order valence-corrected chi connectivity index (χ2v) is 8.71. The van der Waals surface area contributed by atoms with E-state index in [1.807, 2.05) is 0 Å². The first-order valence-electron chi connectivity index (χ1n) is 9.57. The highest BCUT2D eigenvalue weighted by Gasteiger charge is 2.45. The van der Waals surface area contributed by atoms with Gasteiger partial charge in [-0.05, 0) is 37.5 Å². The minimum absolute atomic E-state index is 0.456. The topological polar surface area (TPSA) is 15.3 Å². The molecule has 1 spiro atoms. The lowest BCUT2D eigenvalue weighted by atomic mass is 9.70. The molecule has 2 saturated carbocycles. The molecule has 2 aliphatic carbocycles. The van der Waals surface area contributed by atoms with Gasteiger partial charge in [0.05, 0.1) is 0 Å². The molecule has 1 saturated heterocycles. The van der Waals surface area contributed by atoms with Crippen LogP contribution in [-0.4, -0.2) is 35.6 Å². The summed E-state index contributed by atoms with van der Waals surface area (Å²) in [5.41, 5.74) is 0.969. The third-order valence-electron chi connectivity index (χ3n) is 6.80. The molecule has 21 heavy (non-hydrogen) atoms. The van der Waals surface area contributed by atoms with Crippen molar-refractivity contribution in [3.63, 3.8) is 0 Å². The predicted octanol–water partition coefficient (Wildman–Crippen LogP) is 4.34. The molecule has 0 bridgehead atoms. The Bertz CT molecular complexity index is 343. The second-order valence-electron chi connectivity index (χ2n) is 8.71. The van der Waals surface area contributed by atoms with Gasteiger partial charge in [-0.2, -0.15) is 0 Å². The van der Waals surface area contributed by atoms with E-state index in [0.717, 1.165) is 12.1 Å². The minimum atomic E-state index is 0.456. The summed E-state index contributed by atoms with van der Waals surface area (Å²) in [6.07, 6.45) is 14.2. The molecule has 3 aliphatic rings. The van der Waals surface area contributed by atoms with Gasteiger partial charge in [0.1, 0.15) is 0 Å². The molecule has 1 aliphatic heterocycles. The molecule has 3 rings (SSSR count). The Balaban J connectivity index is 1.78. The van der Waals surface area contributed by atoms with Crippen LogP contribution in [0, 0.1) is 5.41 Å². The van der Waals surface area contributed by atoms with Crippen LogP contribution in [0.25, 0.3) is 0 Å². The van der Waals surface area contributed by atoms with Crippen molar-refractivity contribution in [2.75, 3.05) is 13.1 Å². The van der Waals surface area contributed by atoms with Crippen molar-refractivity contribution in [3.8, 4) is 0 Å². The number of hydrogen-bond donors (Lipinski definition) is 1. The van der Waals surface area contributed by atoms with Crippen molar-refractivity contribution in [1.29, 1.82) is 0 Å². The smallest absolute Gasteiger partial charge is 0.0309 e. The zero-order valence-corrected chi connectivity index (χ0v) is 14.6. The fourth-order valence-electron chi connectivity index (χ4n) is 5.38. The average molecular weight is 293 g/mol. The largest absolute Gasteiger partial charge is 0.308 e. The van der Waals surface area contributed by atoms with Crippen LogP contribution in [0.5, 0.6) is 0 Å². The SMILES string of the molecule is CCC1CNC2(CCCCC2)CN1C1CCCCC1(C)C. The van der Waals surface area contributed by atoms with E-state index in [-0.39, 0.29) is 0 Å². The molecule has 0 aromatic carbocycles. The van der Waals surface area contributed by atoms with E-state index in [4.69, 9.17) is 0 Å². The summed E-state index contributed by atoms with van der Waals surface area (Å²) in [6, 6.07) is 1.58. The van der Waals surface area contributed by atoms with Crippen LogP contribution in [-0.2, 0) is 0 Å². The van der Waals surface area contributed by atoms with Gasteiger partial charge in [0, 0.05) is 30.7 Å². The lowest BCUT2D eigenvalue weighted by molar-refractivity contribution is -0.0355. The van der Waals surface area contributed by atoms with Gasteiger partial charge < -0.3 is 5.32 Å². The van der Waals surface area contributed by atoms with Crippen LogP contribution >= 0.6 is 0 Å². The molecule has 2 nitrogen and oxygen atoms in total. The molecule has 122 valence electrons. The van der Waals surface area contributed by atoms with Crippen molar-refractivity contribution < 1.29 is 0 Å². The lowest BCUT2D eigenvalue weighted by Crippen LogP contribution is -2.68. The highest BCUT2D eigenvalue weighted by atomic mass is 15.3. The first-order valence-corrected chi connectivity index (χ1v) is 9.57. The molecule has 3 fully saturated rings. The van der Waals surface area contributed by atoms with E-state index in [0.29, 0.717) is 11.0 Å². The number of nitrogens with zero attached hydrogens (tertiary/aromatic N) is 1. The Morgan fingerprint density at radius 2 is 1.71 bits per heavy atom. The zero-order chi connectivity index (χ0) is 14.9. The van der Waals surface area contributed by atoms with Gasteiger partial charge in [0.25, 0.3) is 0 Å². The average Bonchev–Trinajstić information content (AvgIpc) is 2.48. The summed E-state index contributed by atoms with van der Waals surface area (Å²) in [5.74, 6) is 0. The Morgan fingerprint density at radius 1 is 1.00 bits per heavy atom. The van der Waals surface area contributed by atoms with E-state index >= 15 is 0 Å². The summed E-state index contributed by atoms with van der Waals surface area (Å²) in [5, 5.41) is 3.99. The van der Waals surface area contributed by atoms with Crippen LogP contribution in [0.1, 0.15) is 85.0 Å². The van der Waals surface area contributed by atoms with Gasteiger partial charge in [-0.15, -0.1) is 0 Å². The fourth-order valence-corrected chi connectivity index (χ4v) is 5.38. The van der Waals surface area contributed by atoms with Crippen LogP contribution in [0.2, 0.25) is 0 Å². The van der Waals surface area contributed by atoms with Crippen LogP contribution in [0.3, 0.4) is 0 Å². The molecule has 2 atom stereocenters. The van der Waals surface area contributed by atoms with Gasteiger partial charge >= 0.3 is 0 Å². The Kier molecular flexibility index (Phi) is 4.66. The first-order chi connectivity index (χ1) is 10.1. The van der Waals surface area contributed by atoms with Crippen LogP contribution < -0.4 is 5.32 Å². The fraction of sp³-hybridized carbons (Fsp3) is 1.00. The van der Waals surface area contributed by atoms with Gasteiger partial charge in [-0.25, -0.2) is 0 Å².